The van der Waals surface area contributed by atoms with Crippen molar-refractivity contribution in [3.63, 3.8) is 0 Å². The third-order valence-corrected chi connectivity index (χ3v) is 4.54. The largest absolute Gasteiger partial charge is 0.495 e. The molecule has 116 valence electrons. The Morgan fingerprint density at radius 2 is 1.81 bits per heavy atom. The van der Waals surface area contributed by atoms with E-state index in [1.807, 2.05) is 12.1 Å². The molecule has 1 aromatic carbocycles. The molecule has 0 atom stereocenters. The molecular weight excluding hydrogens is 286 g/mol. The van der Waals surface area contributed by atoms with Crippen LogP contribution in [0.15, 0.2) is 12.1 Å². The van der Waals surface area contributed by atoms with Crippen molar-refractivity contribution in [2.24, 2.45) is 0 Å². The van der Waals surface area contributed by atoms with Gasteiger partial charge in [-0.25, -0.2) is 4.98 Å². The van der Waals surface area contributed by atoms with Crippen molar-refractivity contribution in [3.8, 4) is 11.5 Å². The van der Waals surface area contributed by atoms with Crippen LogP contribution >= 0.6 is 11.3 Å². The molecule has 1 N–H and O–H groups in total. The summed E-state index contributed by atoms with van der Waals surface area (Å²) in [5.41, 5.74) is 0.854. The minimum Gasteiger partial charge on any atom is -0.495 e. The maximum Gasteiger partial charge on any atom is 0.184 e. The predicted octanol–water partition coefficient (Wildman–Crippen LogP) is 3.07. The Morgan fingerprint density at radius 1 is 1.14 bits per heavy atom. The van der Waals surface area contributed by atoms with Gasteiger partial charge in [0.2, 0.25) is 0 Å². The number of ether oxygens (including phenoxy) is 2. The van der Waals surface area contributed by atoms with E-state index in [1.54, 1.807) is 25.6 Å². The first-order valence-electron chi connectivity index (χ1n) is 7.21. The number of benzene rings is 1. The minimum absolute atomic E-state index is 0.777. The number of aromatic nitrogens is 1. The Kier molecular flexibility index (Phi) is 5.64. The maximum absolute atomic E-state index is 5.40. The monoisotopic (exact) mass is 309 g/mol. The van der Waals surface area contributed by atoms with Crippen LogP contribution in [-0.2, 0) is 0 Å². The second-order valence-corrected chi connectivity index (χ2v) is 5.62. The Hall–Kier alpha value is -1.53. The first kappa shape index (κ1) is 15.9. The van der Waals surface area contributed by atoms with Gasteiger partial charge in [-0.1, -0.05) is 25.2 Å². The number of methoxy groups -OCH3 is 2. The Labute approximate surface area is 129 Å². The number of fused-ring (bicyclic) bond motifs is 1. The van der Waals surface area contributed by atoms with Crippen molar-refractivity contribution < 1.29 is 9.47 Å². The van der Waals surface area contributed by atoms with E-state index in [4.69, 9.17) is 9.47 Å². The molecule has 0 aliphatic rings. The summed E-state index contributed by atoms with van der Waals surface area (Å²) in [6.07, 6.45) is 0. The number of hydrogen-bond donors (Lipinski definition) is 1. The SMILES string of the molecule is CCN(CC)CCNc1nc2c(OC)ccc(OC)c2s1. The molecule has 5 nitrogen and oxygen atoms in total. The zero-order valence-electron chi connectivity index (χ0n) is 13.1. The van der Waals surface area contributed by atoms with Crippen LogP contribution in [0, 0.1) is 0 Å². The molecule has 0 radical (unpaired) electrons. The van der Waals surface area contributed by atoms with Gasteiger partial charge in [-0.05, 0) is 25.2 Å². The lowest BCUT2D eigenvalue weighted by molar-refractivity contribution is 0.316. The van der Waals surface area contributed by atoms with Crippen LogP contribution in [0.5, 0.6) is 11.5 Å². The van der Waals surface area contributed by atoms with Gasteiger partial charge in [0.15, 0.2) is 5.13 Å². The highest BCUT2D eigenvalue weighted by Gasteiger charge is 2.13. The lowest BCUT2D eigenvalue weighted by Gasteiger charge is -2.17. The van der Waals surface area contributed by atoms with Gasteiger partial charge in [0.1, 0.15) is 21.7 Å². The van der Waals surface area contributed by atoms with Crippen molar-refractivity contribution >= 4 is 26.7 Å². The number of anilines is 1. The molecule has 0 bridgehead atoms. The second-order valence-electron chi connectivity index (χ2n) is 4.62. The van der Waals surface area contributed by atoms with Crippen LogP contribution in [0.1, 0.15) is 13.8 Å². The lowest BCUT2D eigenvalue weighted by Crippen LogP contribution is -2.28. The standard InChI is InChI=1S/C15H23N3O2S/c1-5-18(6-2)10-9-16-15-17-13-11(19-3)7-8-12(20-4)14(13)21-15/h7-8H,5-6,9-10H2,1-4H3,(H,16,17). The van der Waals surface area contributed by atoms with Gasteiger partial charge >= 0.3 is 0 Å². The summed E-state index contributed by atoms with van der Waals surface area (Å²) in [4.78, 5) is 7.00. The highest BCUT2D eigenvalue weighted by Crippen LogP contribution is 2.38. The van der Waals surface area contributed by atoms with Gasteiger partial charge in [0.05, 0.1) is 14.2 Å². The van der Waals surface area contributed by atoms with Crippen molar-refractivity contribution in [2.45, 2.75) is 13.8 Å². The molecule has 0 aliphatic heterocycles. The van der Waals surface area contributed by atoms with Crippen molar-refractivity contribution in [3.05, 3.63) is 12.1 Å². The fourth-order valence-corrected chi connectivity index (χ4v) is 3.22. The zero-order chi connectivity index (χ0) is 15.2. The highest BCUT2D eigenvalue weighted by molar-refractivity contribution is 7.22. The summed E-state index contributed by atoms with van der Waals surface area (Å²) in [6.45, 7) is 8.39. The highest BCUT2D eigenvalue weighted by atomic mass is 32.1. The fraction of sp³-hybridized carbons (Fsp3) is 0.533. The number of thiazole rings is 1. The number of hydrogen-bond acceptors (Lipinski definition) is 6. The number of likely N-dealkylation sites (N-methyl/N-ethyl adjacent to an activating group) is 1. The molecule has 2 aromatic rings. The molecule has 0 saturated heterocycles. The first-order valence-corrected chi connectivity index (χ1v) is 8.02. The summed E-state index contributed by atoms with van der Waals surface area (Å²) < 4.78 is 11.8. The molecule has 0 amide bonds. The van der Waals surface area contributed by atoms with Gasteiger partial charge in [-0.15, -0.1) is 0 Å². The smallest absolute Gasteiger partial charge is 0.184 e. The molecule has 0 spiro atoms. The van der Waals surface area contributed by atoms with Crippen LogP contribution in [-0.4, -0.2) is 50.3 Å². The molecule has 1 heterocycles. The summed E-state index contributed by atoms with van der Waals surface area (Å²) >= 11 is 1.60. The second kappa shape index (κ2) is 7.47. The average Bonchev–Trinajstić information content (AvgIpc) is 2.94. The number of rotatable bonds is 8. The van der Waals surface area contributed by atoms with E-state index in [0.717, 1.165) is 53.0 Å². The number of nitrogens with one attached hydrogen (secondary N) is 1. The topological polar surface area (TPSA) is 46.6 Å². The zero-order valence-corrected chi connectivity index (χ0v) is 13.9. The molecule has 0 unspecified atom stereocenters. The van der Waals surface area contributed by atoms with Gasteiger partial charge < -0.3 is 19.7 Å². The average molecular weight is 309 g/mol. The van der Waals surface area contributed by atoms with E-state index in [9.17, 15) is 0 Å². The van der Waals surface area contributed by atoms with E-state index in [2.05, 4.69) is 29.0 Å². The predicted molar refractivity (Wildman–Crippen MR) is 89.0 cm³/mol. The Morgan fingerprint density at radius 3 is 2.43 bits per heavy atom. The molecule has 0 saturated carbocycles. The summed E-state index contributed by atoms with van der Waals surface area (Å²) in [5, 5.41) is 4.29. The third kappa shape index (κ3) is 3.57. The summed E-state index contributed by atoms with van der Waals surface area (Å²) in [6, 6.07) is 3.81. The van der Waals surface area contributed by atoms with Gasteiger partial charge in [-0.3, -0.25) is 0 Å². The van der Waals surface area contributed by atoms with Crippen molar-refractivity contribution in [2.75, 3.05) is 45.7 Å². The summed E-state index contributed by atoms with van der Waals surface area (Å²) in [7, 11) is 3.34. The van der Waals surface area contributed by atoms with E-state index in [1.165, 1.54) is 0 Å². The maximum atomic E-state index is 5.40. The Bertz CT molecular complexity index is 541. The van der Waals surface area contributed by atoms with Gasteiger partial charge in [-0.2, -0.15) is 0 Å². The minimum atomic E-state index is 0.777. The van der Waals surface area contributed by atoms with Crippen molar-refractivity contribution in [1.29, 1.82) is 0 Å². The molecule has 1 aromatic heterocycles. The third-order valence-electron chi connectivity index (χ3n) is 3.51. The first-order chi connectivity index (χ1) is 10.2. The number of nitrogens with zero attached hydrogens (tertiary/aromatic N) is 2. The molecule has 6 heteroatoms. The van der Waals surface area contributed by atoms with Crippen molar-refractivity contribution in [1.82, 2.24) is 9.88 Å². The van der Waals surface area contributed by atoms with E-state index in [0.29, 0.717) is 0 Å². The fourth-order valence-electron chi connectivity index (χ4n) is 2.22. The summed E-state index contributed by atoms with van der Waals surface area (Å²) in [5.74, 6) is 1.61. The molecule has 0 fully saturated rings. The van der Waals surface area contributed by atoms with Crippen LogP contribution in [0.25, 0.3) is 10.2 Å². The van der Waals surface area contributed by atoms with Crippen LogP contribution in [0.4, 0.5) is 5.13 Å². The van der Waals surface area contributed by atoms with Crippen LogP contribution in [0.3, 0.4) is 0 Å². The molecular formula is C15H23N3O2S. The van der Waals surface area contributed by atoms with E-state index < -0.39 is 0 Å². The lowest BCUT2D eigenvalue weighted by atomic mass is 10.3. The Balaban J connectivity index is 2.14. The molecule has 0 aliphatic carbocycles. The molecule has 21 heavy (non-hydrogen) atoms. The van der Waals surface area contributed by atoms with E-state index in [-0.39, 0.29) is 0 Å². The normalized spacial score (nSPS) is 11.1. The van der Waals surface area contributed by atoms with Gasteiger partial charge in [0.25, 0.3) is 0 Å². The van der Waals surface area contributed by atoms with Crippen LogP contribution < -0.4 is 14.8 Å². The van der Waals surface area contributed by atoms with Crippen LogP contribution in [0.2, 0.25) is 0 Å². The molecule has 2 rings (SSSR count). The van der Waals surface area contributed by atoms with E-state index >= 15 is 0 Å². The van der Waals surface area contributed by atoms with Gasteiger partial charge in [0, 0.05) is 13.1 Å². The quantitative estimate of drug-likeness (QED) is 0.812.